The van der Waals surface area contributed by atoms with Crippen molar-refractivity contribution in [3.05, 3.63) is 41.7 Å². The van der Waals surface area contributed by atoms with Crippen LogP contribution in [0.25, 0.3) is 0 Å². The molecule has 0 aliphatic heterocycles. The lowest BCUT2D eigenvalue weighted by Crippen LogP contribution is -2.23. The summed E-state index contributed by atoms with van der Waals surface area (Å²) in [7, 11) is 0. The minimum absolute atomic E-state index is 0.543. The zero-order valence-corrected chi connectivity index (χ0v) is 12.5. The zero-order valence-electron chi connectivity index (χ0n) is 12.5. The molecule has 1 N–H and O–H groups in total. The first kappa shape index (κ1) is 13.4. The van der Waals surface area contributed by atoms with Gasteiger partial charge in [0.25, 0.3) is 0 Å². The maximum Gasteiger partial charge on any atom is 0.0948 e. The van der Waals surface area contributed by atoms with Gasteiger partial charge in [-0.1, -0.05) is 6.92 Å². The number of aryl methyl sites for hydroxylation is 2. The third kappa shape index (κ3) is 2.52. The van der Waals surface area contributed by atoms with Gasteiger partial charge in [0.1, 0.15) is 0 Å². The van der Waals surface area contributed by atoms with E-state index in [0.29, 0.717) is 6.04 Å². The van der Waals surface area contributed by atoms with Gasteiger partial charge in [0, 0.05) is 31.2 Å². The van der Waals surface area contributed by atoms with Crippen molar-refractivity contribution in [2.45, 2.75) is 52.2 Å². The fourth-order valence-corrected chi connectivity index (χ4v) is 3.25. The molecule has 2 aromatic heterocycles. The first-order chi connectivity index (χ1) is 9.81. The highest BCUT2D eigenvalue weighted by molar-refractivity contribution is 5.30. The normalized spacial score (nSPS) is 18.2. The predicted molar refractivity (Wildman–Crippen MR) is 80.8 cm³/mol. The molecule has 0 spiro atoms. The smallest absolute Gasteiger partial charge is 0.0948 e. The van der Waals surface area contributed by atoms with E-state index in [-0.39, 0.29) is 0 Å². The average molecular weight is 272 g/mol. The van der Waals surface area contributed by atoms with Crippen LogP contribution in [0.5, 0.6) is 0 Å². The number of nitrogens with zero attached hydrogens (tertiary/aromatic N) is 3. The van der Waals surface area contributed by atoms with Crippen molar-refractivity contribution in [1.82, 2.24) is 19.4 Å². The summed E-state index contributed by atoms with van der Waals surface area (Å²) >= 11 is 0. The van der Waals surface area contributed by atoms with Crippen LogP contribution < -0.4 is 5.32 Å². The molecule has 1 unspecified atom stereocenters. The second kappa shape index (κ2) is 5.83. The second-order valence-corrected chi connectivity index (χ2v) is 5.58. The topological polar surface area (TPSA) is 34.8 Å². The maximum absolute atomic E-state index is 4.25. The Bertz CT molecular complexity index is 567. The van der Waals surface area contributed by atoms with Crippen LogP contribution >= 0.6 is 0 Å². The third-order valence-corrected chi connectivity index (χ3v) is 4.25. The second-order valence-electron chi connectivity index (χ2n) is 5.58. The summed E-state index contributed by atoms with van der Waals surface area (Å²) in [4.78, 5) is 4.25. The molecule has 0 radical (unpaired) electrons. The van der Waals surface area contributed by atoms with Crippen LogP contribution in [0.1, 0.15) is 49.6 Å². The largest absolute Gasteiger partial charge is 0.348 e. The molecule has 0 fully saturated rings. The molecule has 1 atom stereocenters. The van der Waals surface area contributed by atoms with Crippen LogP contribution in [-0.4, -0.2) is 20.7 Å². The lowest BCUT2D eigenvalue weighted by Gasteiger charge is -2.22. The number of aromatic nitrogens is 3. The number of imidazole rings is 1. The van der Waals surface area contributed by atoms with Crippen LogP contribution in [0.4, 0.5) is 0 Å². The first-order valence-electron chi connectivity index (χ1n) is 7.72. The Morgan fingerprint density at radius 2 is 2.25 bits per heavy atom. The van der Waals surface area contributed by atoms with Crippen LogP contribution in [0, 0.1) is 0 Å². The van der Waals surface area contributed by atoms with E-state index >= 15 is 0 Å². The van der Waals surface area contributed by atoms with E-state index < -0.39 is 0 Å². The maximum atomic E-state index is 4.25. The summed E-state index contributed by atoms with van der Waals surface area (Å²) in [6.45, 7) is 7.28. The van der Waals surface area contributed by atoms with Gasteiger partial charge in [0.2, 0.25) is 0 Å². The fourth-order valence-electron chi connectivity index (χ4n) is 3.25. The molecule has 0 amide bonds. The van der Waals surface area contributed by atoms with Crippen molar-refractivity contribution < 1.29 is 0 Å². The van der Waals surface area contributed by atoms with Gasteiger partial charge in [-0.3, -0.25) is 0 Å². The molecule has 0 saturated heterocycles. The highest BCUT2D eigenvalue weighted by atomic mass is 15.1. The van der Waals surface area contributed by atoms with E-state index in [9.17, 15) is 0 Å². The highest BCUT2D eigenvalue weighted by Crippen LogP contribution is 2.30. The van der Waals surface area contributed by atoms with Gasteiger partial charge >= 0.3 is 0 Å². The SMILES string of the molecule is CCNC1CCCc2cn(Cc3cncn3CC)cc21. The third-order valence-electron chi connectivity index (χ3n) is 4.25. The van der Waals surface area contributed by atoms with E-state index in [1.54, 1.807) is 0 Å². The Balaban J connectivity index is 1.82. The van der Waals surface area contributed by atoms with Crippen molar-refractivity contribution in [2.75, 3.05) is 6.54 Å². The van der Waals surface area contributed by atoms with E-state index in [0.717, 1.165) is 19.6 Å². The van der Waals surface area contributed by atoms with Gasteiger partial charge in [-0.05, 0) is 43.9 Å². The molecule has 20 heavy (non-hydrogen) atoms. The highest BCUT2D eigenvalue weighted by Gasteiger charge is 2.21. The Kier molecular flexibility index (Phi) is 3.92. The molecule has 3 rings (SSSR count). The van der Waals surface area contributed by atoms with E-state index in [1.165, 1.54) is 36.1 Å². The number of hydrogen-bond acceptors (Lipinski definition) is 2. The molecular formula is C16H24N4. The van der Waals surface area contributed by atoms with Gasteiger partial charge in [-0.25, -0.2) is 4.98 Å². The van der Waals surface area contributed by atoms with E-state index in [2.05, 4.69) is 45.7 Å². The fraction of sp³-hybridized carbons (Fsp3) is 0.562. The Labute approximate surface area is 120 Å². The summed E-state index contributed by atoms with van der Waals surface area (Å²) < 4.78 is 4.53. The minimum atomic E-state index is 0.543. The average Bonchev–Trinajstić information content (AvgIpc) is 3.06. The lowest BCUT2D eigenvalue weighted by atomic mass is 9.91. The van der Waals surface area contributed by atoms with Gasteiger partial charge < -0.3 is 14.5 Å². The molecule has 1 aliphatic rings. The van der Waals surface area contributed by atoms with Crippen LogP contribution in [-0.2, 0) is 19.5 Å². The Morgan fingerprint density at radius 1 is 1.35 bits per heavy atom. The van der Waals surface area contributed by atoms with Crippen molar-refractivity contribution in [1.29, 1.82) is 0 Å². The predicted octanol–water partition coefficient (Wildman–Crippen LogP) is 2.74. The minimum Gasteiger partial charge on any atom is -0.348 e. The van der Waals surface area contributed by atoms with Gasteiger partial charge in [-0.2, -0.15) is 0 Å². The number of rotatable bonds is 5. The van der Waals surface area contributed by atoms with Gasteiger partial charge in [0.15, 0.2) is 0 Å². The lowest BCUT2D eigenvalue weighted by molar-refractivity contribution is 0.473. The standard InChI is InChI=1S/C16H24N4/c1-3-18-16-7-5-6-13-9-19(11-15(13)16)10-14-8-17-12-20(14)4-2/h8-9,11-12,16,18H,3-7,10H2,1-2H3. The molecule has 0 bridgehead atoms. The number of hydrogen-bond donors (Lipinski definition) is 1. The molecule has 0 aromatic carbocycles. The summed E-state index contributed by atoms with van der Waals surface area (Å²) in [6.07, 6.45) is 12.3. The Morgan fingerprint density at radius 3 is 3.05 bits per heavy atom. The zero-order chi connectivity index (χ0) is 13.9. The van der Waals surface area contributed by atoms with Crippen molar-refractivity contribution in [3.63, 3.8) is 0 Å². The van der Waals surface area contributed by atoms with E-state index in [1.807, 2.05) is 12.5 Å². The van der Waals surface area contributed by atoms with Crippen LogP contribution in [0.3, 0.4) is 0 Å². The molecule has 4 heteroatoms. The quantitative estimate of drug-likeness (QED) is 0.908. The molecule has 4 nitrogen and oxygen atoms in total. The number of fused-ring (bicyclic) bond motifs is 1. The van der Waals surface area contributed by atoms with Crippen LogP contribution in [0.2, 0.25) is 0 Å². The molecule has 2 heterocycles. The first-order valence-corrected chi connectivity index (χ1v) is 7.72. The molecular weight excluding hydrogens is 248 g/mol. The molecule has 1 aliphatic carbocycles. The van der Waals surface area contributed by atoms with Crippen molar-refractivity contribution in [2.24, 2.45) is 0 Å². The van der Waals surface area contributed by atoms with Gasteiger partial charge in [0.05, 0.1) is 18.6 Å². The van der Waals surface area contributed by atoms with Crippen molar-refractivity contribution in [3.8, 4) is 0 Å². The molecule has 0 saturated carbocycles. The molecule has 108 valence electrons. The summed E-state index contributed by atoms with van der Waals surface area (Å²) in [5.41, 5.74) is 4.30. The summed E-state index contributed by atoms with van der Waals surface area (Å²) in [5.74, 6) is 0. The number of nitrogens with one attached hydrogen (secondary N) is 1. The monoisotopic (exact) mass is 272 g/mol. The van der Waals surface area contributed by atoms with Crippen LogP contribution in [0.15, 0.2) is 24.9 Å². The summed E-state index contributed by atoms with van der Waals surface area (Å²) in [5, 5.41) is 3.60. The van der Waals surface area contributed by atoms with E-state index in [4.69, 9.17) is 0 Å². The van der Waals surface area contributed by atoms with Crippen molar-refractivity contribution >= 4 is 0 Å². The Hall–Kier alpha value is -1.55. The molecule has 2 aromatic rings. The summed E-state index contributed by atoms with van der Waals surface area (Å²) in [6, 6.07) is 0.543. The van der Waals surface area contributed by atoms with Gasteiger partial charge in [-0.15, -0.1) is 0 Å².